The maximum atomic E-state index is 11.6. The van der Waals surface area contributed by atoms with Crippen molar-refractivity contribution in [3.63, 3.8) is 0 Å². The third-order valence-electron chi connectivity index (χ3n) is 3.55. The van der Waals surface area contributed by atoms with Crippen LogP contribution < -0.4 is 11.1 Å². The Balaban J connectivity index is 2.24. The van der Waals surface area contributed by atoms with Crippen LogP contribution >= 0.6 is 11.6 Å². The van der Waals surface area contributed by atoms with Gasteiger partial charge in [-0.3, -0.25) is 10.1 Å². The number of carbonyl (C=O) groups excluding carboxylic acids is 1. The molecule has 0 spiro atoms. The molecule has 1 heterocycles. The van der Waals surface area contributed by atoms with Gasteiger partial charge in [-0.15, -0.1) is 0 Å². The van der Waals surface area contributed by atoms with E-state index in [0.29, 0.717) is 11.6 Å². The summed E-state index contributed by atoms with van der Waals surface area (Å²) < 4.78 is 1.99. The Labute approximate surface area is 129 Å². The Kier molecular flexibility index (Phi) is 4.25. The van der Waals surface area contributed by atoms with E-state index in [-0.39, 0.29) is 11.3 Å². The maximum absolute atomic E-state index is 11.6. The van der Waals surface area contributed by atoms with Crippen molar-refractivity contribution in [1.29, 1.82) is 0 Å². The van der Waals surface area contributed by atoms with Crippen LogP contribution in [0.4, 0.5) is 0 Å². The molecule has 1 atom stereocenters. The lowest BCUT2D eigenvalue weighted by Crippen LogP contribution is -2.49. The van der Waals surface area contributed by atoms with Crippen molar-refractivity contribution in [3.8, 4) is 0 Å². The molecule has 0 aliphatic carbocycles. The molecule has 114 valence electrons. The van der Waals surface area contributed by atoms with Crippen molar-refractivity contribution < 1.29 is 4.79 Å². The zero-order valence-electron chi connectivity index (χ0n) is 12.8. The number of primary amides is 1. The second-order valence-corrected chi connectivity index (χ2v) is 6.74. The van der Waals surface area contributed by atoms with Gasteiger partial charge in [0.15, 0.2) is 0 Å². The first-order valence-corrected chi connectivity index (χ1v) is 7.21. The molecule has 0 aliphatic heterocycles. The Morgan fingerprint density at radius 3 is 2.71 bits per heavy atom. The van der Waals surface area contributed by atoms with Gasteiger partial charge in [0.2, 0.25) is 5.91 Å². The summed E-state index contributed by atoms with van der Waals surface area (Å²) in [7, 11) is 1.94. The third-order valence-corrected chi connectivity index (χ3v) is 3.79. The summed E-state index contributed by atoms with van der Waals surface area (Å²) in [6.07, 6.45) is 0. The van der Waals surface area contributed by atoms with Crippen molar-refractivity contribution in [1.82, 2.24) is 14.9 Å². The number of rotatable bonds is 4. The van der Waals surface area contributed by atoms with E-state index >= 15 is 0 Å². The number of aromatic nitrogens is 2. The van der Waals surface area contributed by atoms with E-state index in [0.717, 1.165) is 16.9 Å². The van der Waals surface area contributed by atoms with Crippen molar-refractivity contribution in [2.24, 2.45) is 18.2 Å². The van der Waals surface area contributed by atoms with Crippen LogP contribution in [0.3, 0.4) is 0 Å². The standard InChI is InChI=1S/C15H21ClN4O/c1-15(2,3)13(14(17)21)18-8-12-19-10-7-9(16)5-6-11(10)20(12)4/h5-7,13,18H,8H2,1-4H3,(H2,17,21). The zero-order chi connectivity index (χ0) is 15.8. The zero-order valence-corrected chi connectivity index (χ0v) is 13.5. The summed E-state index contributed by atoms with van der Waals surface area (Å²) >= 11 is 5.98. The fourth-order valence-electron chi connectivity index (χ4n) is 2.41. The number of amides is 1. The average Bonchev–Trinajstić information content (AvgIpc) is 2.64. The van der Waals surface area contributed by atoms with Crippen LogP contribution in [-0.2, 0) is 18.4 Å². The second-order valence-electron chi connectivity index (χ2n) is 6.30. The van der Waals surface area contributed by atoms with Gasteiger partial charge in [-0.05, 0) is 23.6 Å². The number of aryl methyl sites for hydroxylation is 1. The smallest absolute Gasteiger partial charge is 0.235 e. The molecule has 6 heteroatoms. The molecule has 0 saturated carbocycles. The predicted octanol–water partition coefficient (Wildman–Crippen LogP) is 2.22. The minimum atomic E-state index is -0.416. The number of nitrogens with one attached hydrogen (secondary N) is 1. The monoisotopic (exact) mass is 308 g/mol. The van der Waals surface area contributed by atoms with Gasteiger partial charge in [0.25, 0.3) is 0 Å². The highest BCUT2D eigenvalue weighted by atomic mass is 35.5. The molecular formula is C15H21ClN4O. The van der Waals surface area contributed by atoms with Gasteiger partial charge < -0.3 is 10.3 Å². The second kappa shape index (κ2) is 5.66. The fourth-order valence-corrected chi connectivity index (χ4v) is 2.57. The number of nitrogens with zero attached hydrogens (tertiary/aromatic N) is 2. The first-order chi connectivity index (χ1) is 9.70. The number of benzene rings is 1. The predicted molar refractivity (Wildman–Crippen MR) is 85.0 cm³/mol. The Hall–Kier alpha value is -1.59. The highest BCUT2D eigenvalue weighted by Gasteiger charge is 2.29. The number of carbonyl (C=O) groups is 1. The van der Waals surface area contributed by atoms with E-state index < -0.39 is 6.04 Å². The minimum Gasteiger partial charge on any atom is -0.368 e. The average molecular weight is 309 g/mol. The van der Waals surface area contributed by atoms with E-state index in [2.05, 4.69) is 10.3 Å². The van der Waals surface area contributed by atoms with Crippen LogP contribution in [0.5, 0.6) is 0 Å². The number of hydrogen-bond donors (Lipinski definition) is 2. The van der Waals surface area contributed by atoms with Crippen LogP contribution in [-0.4, -0.2) is 21.5 Å². The normalized spacial score (nSPS) is 13.6. The lowest BCUT2D eigenvalue weighted by Gasteiger charge is -2.28. The Morgan fingerprint density at radius 2 is 2.14 bits per heavy atom. The van der Waals surface area contributed by atoms with E-state index in [1.54, 1.807) is 0 Å². The Morgan fingerprint density at radius 1 is 1.48 bits per heavy atom. The molecule has 2 aromatic rings. The number of fused-ring (bicyclic) bond motifs is 1. The first-order valence-electron chi connectivity index (χ1n) is 6.83. The van der Waals surface area contributed by atoms with Gasteiger partial charge in [0.05, 0.1) is 23.6 Å². The quantitative estimate of drug-likeness (QED) is 0.909. The van der Waals surface area contributed by atoms with Crippen LogP contribution in [0, 0.1) is 5.41 Å². The summed E-state index contributed by atoms with van der Waals surface area (Å²) in [6.45, 7) is 6.39. The summed E-state index contributed by atoms with van der Waals surface area (Å²) in [5.41, 5.74) is 7.07. The van der Waals surface area contributed by atoms with E-state index in [1.807, 2.05) is 50.6 Å². The number of nitrogens with two attached hydrogens (primary N) is 1. The summed E-state index contributed by atoms with van der Waals surface area (Å²) in [4.78, 5) is 16.1. The topological polar surface area (TPSA) is 72.9 Å². The highest BCUT2D eigenvalue weighted by molar-refractivity contribution is 6.31. The molecule has 1 aromatic heterocycles. The molecule has 5 nitrogen and oxygen atoms in total. The molecule has 1 aromatic carbocycles. The molecule has 2 rings (SSSR count). The van der Waals surface area contributed by atoms with Gasteiger partial charge in [0, 0.05) is 12.1 Å². The largest absolute Gasteiger partial charge is 0.368 e. The van der Waals surface area contributed by atoms with Gasteiger partial charge in [-0.25, -0.2) is 4.98 Å². The van der Waals surface area contributed by atoms with Crippen LogP contribution in [0.25, 0.3) is 11.0 Å². The molecule has 1 amide bonds. The Bertz CT molecular complexity index is 672. The molecular weight excluding hydrogens is 288 g/mol. The van der Waals surface area contributed by atoms with Crippen molar-refractivity contribution in [2.45, 2.75) is 33.4 Å². The minimum absolute atomic E-state index is 0.250. The van der Waals surface area contributed by atoms with Gasteiger partial charge >= 0.3 is 0 Å². The van der Waals surface area contributed by atoms with Gasteiger partial charge in [-0.1, -0.05) is 32.4 Å². The van der Waals surface area contributed by atoms with Crippen LogP contribution in [0.15, 0.2) is 18.2 Å². The summed E-state index contributed by atoms with van der Waals surface area (Å²) in [5.74, 6) is 0.479. The van der Waals surface area contributed by atoms with E-state index in [1.165, 1.54) is 0 Å². The maximum Gasteiger partial charge on any atom is 0.235 e. The molecule has 0 fully saturated rings. The molecule has 0 bridgehead atoms. The van der Waals surface area contributed by atoms with Gasteiger partial charge in [-0.2, -0.15) is 0 Å². The van der Waals surface area contributed by atoms with Crippen molar-refractivity contribution >= 4 is 28.5 Å². The molecule has 0 saturated heterocycles. The fraction of sp³-hybridized carbons (Fsp3) is 0.467. The van der Waals surface area contributed by atoms with Crippen molar-refractivity contribution in [3.05, 3.63) is 29.0 Å². The molecule has 1 unspecified atom stereocenters. The molecule has 3 N–H and O–H groups in total. The first kappa shape index (κ1) is 15.8. The van der Waals surface area contributed by atoms with Crippen LogP contribution in [0.2, 0.25) is 5.02 Å². The van der Waals surface area contributed by atoms with E-state index in [9.17, 15) is 4.79 Å². The lowest BCUT2D eigenvalue weighted by molar-refractivity contribution is -0.122. The number of halogens is 1. The number of imidazole rings is 1. The van der Waals surface area contributed by atoms with Gasteiger partial charge in [0.1, 0.15) is 5.82 Å². The summed E-state index contributed by atoms with van der Waals surface area (Å²) in [6, 6.07) is 5.18. The SMILES string of the molecule is Cn1c(CNC(C(N)=O)C(C)(C)C)nc2cc(Cl)ccc21. The highest BCUT2D eigenvalue weighted by Crippen LogP contribution is 2.21. The molecule has 0 radical (unpaired) electrons. The number of hydrogen-bond acceptors (Lipinski definition) is 3. The van der Waals surface area contributed by atoms with Crippen molar-refractivity contribution in [2.75, 3.05) is 0 Å². The third kappa shape index (κ3) is 3.36. The van der Waals surface area contributed by atoms with E-state index in [4.69, 9.17) is 17.3 Å². The lowest BCUT2D eigenvalue weighted by atomic mass is 9.86. The summed E-state index contributed by atoms with van der Waals surface area (Å²) in [5, 5.41) is 3.86. The molecule has 21 heavy (non-hydrogen) atoms. The molecule has 0 aliphatic rings. The van der Waals surface area contributed by atoms with Crippen LogP contribution in [0.1, 0.15) is 26.6 Å².